The van der Waals surface area contributed by atoms with Crippen LogP contribution < -0.4 is 19.1 Å². The van der Waals surface area contributed by atoms with Crippen LogP contribution in [0.25, 0.3) is 0 Å². The van der Waals surface area contributed by atoms with Gasteiger partial charge < -0.3 is 19.7 Å². The molecular weight excluding hydrogens is 634 g/mol. The minimum absolute atomic E-state index is 0.0709. The van der Waals surface area contributed by atoms with E-state index in [9.17, 15) is 18.0 Å². The molecule has 0 aliphatic heterocycles. The van der Waals surface area contributed by atoms with Crippen molar-refractivity contribution in [2.75, 3.05) is 31.6 Å². The van der Waals surface area contributed by atoms with Crippen molar-refractivity contribution in [2.45, 2.75) is 52.1 Å². The first-order valence-corrected chi connectivity index (χ1v) is 16.1. The summed E-state index contributed by atoms with van der Waals surface area (Å²) in [5.41, 5.74) is 2.79. The van der Waals surface area contributed by atoms with Crippen LogP contribution in [0.1, 0.15) is 37.5 Å². The molecule has 0 saturated carbocycles. The average Bonchev–Trinajstić information content (AvgIpc) is 2.95. The molecule has 0 saturated heterocycles. The number of hydrogen-bond acceptors (Lipinski definition) is 6. The number of carbonyl (C=O) groups is 2. The monoisotopic (exact) mass is 673 g/mol. The van der Waals surface area contributed by atoms with Gasteiger partial charge in [0, 0.05) is 23.6 Å². The van der Waals surface area contributed by atoms with Crippen LogP contribution in [0.3, 0.4) is 0 Å². The SMILES string of the molecule is COc1ccc(S(=O)(=O)N(CC(=O)N(Cc2cccc(Br)c2)C(C)C(=O)NCC(C)C)c2cc(C)cc(C)c2)cc1OC. The number of anilines is 1. The third-order valence-corrected chi connectivity index (χ3v) is 9.07. The summed E-state index contributed by atoms with van der Waals surface area (Å²) in [4.78, 5) is 28.7. The van der Waals surface area contributed by atoms with Crippen LogP contribution in [0.15, 0.2) is 70.0 Å². The lowest BCUT2D eigenvalue weighted by Crippen LogP contribution is -2.51. The van der Waals surface area contributed by atoms with E-state index < -0.39 is 28.5 Å². The van der Waals surface area contributed by atoms with Gasteiger partial charge in [0.2, 0.25) is 11.8 Å². The Hall–Kier alpha value is -3.57. The van der Waals surface area contributed by atoms with Gasteiger partial charge in [0.05, 0.1) is 24.8 Å². The molecule has 1 unspecified atom stereocenters. The van der Waals surface area contributed by atoms with E-state index in [1.54, 1.807) is 19.1 Å². The number of nitrogens with zero attached hydrogens (tertiary/aromatic N) is 2. The molecule has 0 heterocycles. The van der Waals surface area contributed by atoms with Crippen LogP contribution in [0.4, 0.5) is 5.69 Å². The van der Waals surface area contributed by atoms with E-state index in [-0.39, 0.29) is 29.0 Å². The topological polar surface area (TPSA) is 105 Å². The Bertz CT molecular complexity index is 1540. The zero-order valence-electron chi connectivity index (χ0n) is 25.7. The lowest BCUT2D eigenvalue weighted by Gasteiger charge is -2.32. The molecule has 0 bridgehead atoms. The van der Waals surface area contributed by atoms with Gasteiger partial charge in [-0.05, 0) is 79.8 Å². The highest BCUT2D eigenvalue weighted by atomic mass is 79.9. The number of amides is 2. The second-order valence-electron chi connectivity index (χ2n) is 10.8. The summed E-state index contributed by atoms with van der Waals surface area (Å²) in [5, 5.41) is 2.89. The number of sulfonamides is 1. The number of ether oxygens (including phenoxy) is 2. The first-order valence-electron chi connectivity index (χ1n) is 13.9. The van der Waals surface area contributed by atoms with Crippen molar-refractivity contribution in [3.63, 3.8) is 0 Å². The maximum atomic E-state index is 14.2. The van der Waals surface area contributed by atoms with Crippen molar-refractivity contribution < 1.29 is 27.5 Å². The molecule has 0 aliphatic carbocycles. The van der Waals surface area contributed by atoms with E-state index in [2.05, 4.69) is 21.2 Å². The molecular formula is C32H40BrN3O6S. The Morgan fingerprint density at radius 3 is 2.14 bits per heavy atom. The van der Waals surface area contributed by atoms with E-state index in [1.165, 1.54) is 37.3 Å². The number of carbonyl (C=O) groups excluding carboxylic acids is 2. The van der Waals surface area contributed by atoms with Gasteiger partial charge in [-0.1, -0.05) is 48.0 Å². The molecule has 3 aromatic rings. The van der Waals surface area contributed by atoms with Crippen molar-refractivity contribution >= 4 is 43.5 Å². The largest absolute Gasteiger partial charge is 0.493 e. The Balaban J connectivity index is 2.09. The summed E-state index contributed by atoms with van der Waals surface area (Å²) in [7, 11) is -1.39. The average molecular weight is 675 g/mol. The molecule has 0 radical (unpaired) electrons. The first-order chi connectivity index (χ1) is 20.3. The molecule has 3 rings (SSSR count). The van der Waals surface area contributed by atoms with Crippen molar-refractivity contribution in [1.29, 1.82) is 0 Å². The number of nitrogens with one attached hydrogen (secondary N) is 1. The predicted octanol–water partition coefficient (Wildman–Crippen LogP) is 5.47. The van der Waals surface area contributed by atoms with E-state index in [4.69, 9.17) is 9.47 Å². The maximum absolute atomic E-state index is 14.2. The third kappa shape index (κ3) is 8.73. The second-order valence-corrected chi connectivity index (χ2v) is 13.6. The Labute approximate surface area is 263 Å². The van der Waals surface area contributed by atoms with Crippen LogP contribution in [-0.4, -0.2) is 58.5 Å². The molecule has 0 fully saturated rings. The van der Waals surface area contributed by atoms with E-state index in [0.29, 0.717) is 18.0 Å². The Kier molecular flexibility index (Phi) is 11.6. The lowest BCUT2D eigenvalue weighted by molar-refractivity contribution is -0.139. The third-order valence-electron chi connectivity index (χ3n) is 6.81. The minimum Gasteiger partial charge on any atom is -0.493 e. The highest BCUT2D eigenvalue weighted by Crippen LogP contribution is 2.33. The smallest absolute Gasteiger partial charge is 0.264 e. The summed E-state index contributed by atoms with van der Waals surface area (Å²) in [5.74, 6) is -0.0240. The highest BCUT2D eigenvalue weighted by Gasteiger charge is 2.33. The van der Waals surface area contributed by atoms with Gasteiger partial charge in [-0.2, -0.15) is 0 Å². The summed E-state index contributed by atoms with van der Waals surface area (Å²) in [6.07, 6.45) is 0. The molecule has 3 aromatic carbocycles. The van der Waals surface area contributed by atoms with Crippen molar-refractivity contribution in [3.8, 4) is 11.5 Å². The predicted molar refractivity (Wildman–Crippen MR) is 172 cm³/mol. The summed E-state index contributed by atoms with van der Waals surface area (Å²) in [6, 6.07) is 16.2. The van der Waals surface area contributed by atoms with Crippen molar-refractivity contribution in [3.05, 3.63) is 81.8 Å². The number of hydrogen-bond donors (Lipinski definition) is 1. The molecule has 0 spiro atoms. The van der Waals surface area contributed by atoms with Gasteiger partial charge in [-0.3, -0.25) is 13.9 Å². The van der Waals surface area contributed by atoms with Gasteiger partial charge >= 0.3 is 0 Å². The highest BCUT2D eigenvalue weighted by molar-refractivity contribution is 9.10. The summed E-state index contributed by atoms with van der Waals surface area (Å²) in [6.45, 7) is 9.35. The van der Waals surface area contributed by atoms with Gasteiger partial charge in [0.15, 0.2) is 11.5 Å². The molecule has 232 valence electrons. The lowest BCUT2D eigenvalue weighted by atomic mass is 10.1. The molecule has 1 N–H and O–H groups in total. The zero-order chi connectivity index (χ0) is 31.9. The maximum Gasteiger partial charge on any atom is 0.264 e. The minimum atomic E-state index is -4.28. The standard InChI is InChI=1S/C32H40BrN3O6S/c1-21(2)18-34-32(38)24(5)35(19-25-9-8-10-26(33)16-25)31(37)20-36(27-14-22(3)13-23(4)15-27)43(39,40)28-11-12-29(41-6)30(17-28)42-7/h8-17,21,24H,18-20H2,1-7H3,(H,34,38). The van der Waals surface area contributed by atoms with Crippen LogP contribution in [-0.2, 0) is 26.2 Å². The number of halogens is 1. The number of methoxy groups -OCH3 is 2. The van der Waals surface area contributed by atoms with Crippen LogP contribution in [0, 0.1) is 19.8 Å². The van der Waals surface area contributed by atoms with Crippen molar-refractivity contribution in [2.24, 2.45) is 5.92 Å². The normalized spacial score (nSPS) is 12.0. The van der Waals surface area contributed by atoms with Crippen LogP contribution in [0.2, 0.25) is 0 Å². The second kappa shape index (κ2) is 14.7. The van der Waals surface area contributed by atoms with E-state index >= 15 is 0 Å². The van der Waals surface area contributed by atoms with Crippen LogP contribution >= 0.6 is 15.9 Å². The van der Waals surface area contributed by atoms with Gasteiger partial charge in [0.1, 0.15) is 12.6 Å². The number of aryl methyl sites for hydroxylation is 2. The fourth-order valence-corrected chi connectivity index (χ4v) is 6.46. The van der Waals surface area contributed by atoms with Gasteiger partial charge in [0.25, 0.3) is 10.0 Å². The van der Waals surface area contributed by atoms with E-state index in [0.717, 1.165) is 25.5 Å². The Morgan fingerprint density at radius 1 is 0.907 bits per heavy atom. The fraction of sp³-hybridized carbons (Fsp3) is 0.375. The fourth-order valence-electron chi connectivity index (χ4n) is 4.59. The Morgan fingerprint density at radius 2 is 1.56 bits per heavy atom. The molecule has 11 heteroatoms. The molecule has 0 aliphatic rings. The summed E-state index contributed by atoms with van der Waals surface area (Å²) < 4.78 is 41.0. The van der Waals surface area contributed by atoms with Crippen molar-refractivity contribution in [1.82, 2.24) is 10.2 Å². The van der Waals surface area contributed by atoms with Gasteiger partial charge in [-0.15, -0.1) is 0 Å². The number of rotatable bonds is 13. The number of benzene rings is 3. The molecule has 0 aromatic heterocycles. The zero-order valence-corrected chi connectivity index (χ0v) is 28.1. The summed E-state index contributed by atoms with van der Waals surface area (Å²) >= 11 is 3.46. The molecule has 2 amide bonds. The molecule has 1 atom stereocenters. The van der Waals surface area contributed by atoms with Gasteiger partial charge in [-0.25, -0.2) is 8.42 Å². The molecule has 9 nitrogen and oxygen atoms in total. The van der Waals surface area contributed by atoms with E-state index in [1.807, 2.05) is 58.0 Å². The quantitative estimate of drug-likeness (QED) is 0.258. The molecule has 43 heavy (non-hydrogen) atoms. The van der Waals surface area contributed by atoms with Crippen LogP contribution in [0.5, 0.6) is 11.5 Å². The first kappa shape index (κ1) is 33.9.